The standard InChI is InChI=1S/C29H40N4O5/c1-2-36-27(34)26-30-31-28(38-26)33-19-29(20-33)12-7-23(17-29)32-13-8-22(9-14-32)24-5-3-4-6-25(24)37-18-21-10-15-35-16-11-21/h3-6,21-23H,2,7-20H2,1H3/t23-/m1/s1. The molecule has 4 fully saturated rings. The van der Waals surface area contributed by atoms with Crippen LogP contribution in [0.5, 0.6) is 5.75 Å². The number of para-hydroxylation sites is 1. The summed E-state index contributed by atoms with van der Waals surface area (Å²) in [5.41, 5.74) is 1.71. The van der Waals surface area contributed by atoms with Crippen LogP contribution in [0.4, 0.5) is 6.01 Å². The molecule has 9 heteroatoms. The third kappa shape index (κ3) is 5.41. The SMILES string of the molecule is CCOC(=O)c1nnc(N2CC3(CC[C@@H](N4CCC(c5ccccc5OCC5CCOCC5)CC4)C3)C2)o1. The average Bonchev–Trinajstić information content (AvgIpc) is 3.61. The van der Waals surface area contributed by atoms with Crippen molar-refractivity contribution < 1.29 is 23.4 Å². The van der Waals surface area contributed by atoms with E-state index in [1.54, 1.807) is 6.92 Å². The highest BCUT2D eigenvalue weighted by Crippen LogP contribution is 2.49. The predicted octanol–water partition coefficient (Wildman–Crippen LogP) is 4.29. The summed E-state index contributed by atoms with van der Waals surface area (Å²) in [4.78, 5) is 16.7. The molecule has 3 saturated heterocycles. The van der Waals surface area contributed by atoms with Crippen LogP contribution in [0.2, 0.25) is 0 Å². The lowest BCUT2D eigenvalue weighted by molar-refractivity contribution is 0.0480. The Kier molecular flexibility index (Phi) is 7.56. The van der Waals surface area contributed by atoms with Crippen LogP contribution in [0.3, 0.4) is 0 Å². The lowest BCUT2D eigenvalue weighted by Gasteiger charge is -2.48. The van der Waals surface area contributed by atoms with Crippen molar-refractivity contribution in [3.8, 4) is 5.75 Å². The van der Waals surface area contributed by atoms with E-state index in [0.29, 0.717) is 35.9 Å². The fraction of sp³-hybridized carbons (Fsp3) is 0.690. The van der Waals surface area contributed by atoms with Gasteiger partial charge in [-0.2, -0.15) is 0 Å². The lowest BCUT2D eigenvalue weighted by Crippen LogP contribution is -2.56. The smallest absolute Gasteiger partial charge is 0.396 e. The van der Waals surface area contributed by atoms with Crippen molar-refractivity contribution in [1.82, 2.24) is 15.1 Å². The number of nitrogens with zero attached hydrogens (tertiary/aromatic N) is 4. The second-order valence-electron chi connectivity index (χ2n) is 11.6. The minimum absolute atomic E-state index is 0.0643. The number of ether oxygens (including phenoxy) is 3. The van der Waals surface area contributed by atoms with Gasteiger partial charge in [0.25, 0.3) is 0 Å². The number of likely N-dealkylation sites (tertiary alicyclic amines) is 1. The first kappa shape index (κ1) is 25.6. The zero-order chi connectivity index (χ0) is 26.0. The minimum atomic E-state index is -0.556. The van der Waals surface area contributed by atoms with Gasteiger partial charge < -0.3 is 28.4 Å². The molecule has 3 aliphatic heterocycles. The number of carbonyl (C=O) groups is 1. The van der Waals surface area contributed by atoms with E-state index in [-0.39, 0.29) is 5.89 Å². The molecule has 38 heavy (non-hydrogen) atoms. The molecule has 0 amide bonds. The molecule has 1 saturated carbocycles. The number of hydrogen-bond acceptors (Lipinski definition) is 9. The molecule has 0 N–H and O–H groups in total. The second kappa shape index (κ2) is 11.2. The molecule has 206 valence electrons. The van der Waals surface area contributed by atoms with Crippen LogP contribution in [-0.2, 0) is 9.47 Å². The zero-order valence-corrected chi connectivity index (χ0v) is 22.5. The molecule has 1 aliphatic carbocycles. The van der Waals surface area contributed by atoms with Gasteiger partial charge in [-0.1, -0.05) is 28.4 Å². The highest BCUT2D eigenvalue weighted by Gasteiger charge is 2.51. The van der Waals surface area contributed by atoms with Gasteiger partial charge in [0, 0.05) is 37.8 Å². The zero-order valence-electron chi connectivity index (χ0n) is 22.5. The van der Waals surface area contributed by atoms with E-state index < -0.39 is 5.97 Å². The summed E-state index contributed by atoms with van der Waals surface area (Å²) in [6.07, 6.45) is 8.28. The highest BCUT2D eigenvalue weighted by atomic mass is 16.5. The van der Waals surface area contributed by atoms with Crippen LogP contribution < -0.4 is 9.64 Å². The van der Waals surface area contributed by atoms with Gasteiger partial charge in [-0.15, -0.1) is 0 Å². The molecule has 9 nitrogen and oxygen atoms in total. The molecule has 4 heterocycles. The van der Waals surface area contributed by atoms with Crippen LogP contribution in [0.1, 0.15) is 74.0 Å². The molecule has 0 unspecified atom stereocenters. The van der Waals surface area contributed by atoms with Crippen molar-refractivity contribution >= 4 is 12.0 Å². The summed E-state index contributed by atoms with van der Waals surface area (Å²) in [7, 11) is 0. The first-order chi connectivity index (χ1) is 18.6. The number of anilines is 1. The molecular formula is C29H40N4O5. The van der Waals surface area contributed by atoms with E-state index in [9.17, 15) is 4.79 Å². The summed E-state index contributed by atoms with van der Waals surface area (Å²) >= 11 is 0. The number of piperidine rings is 1. The van der Waals surface area contributed by atoms with Crippen molar-refractivity contribution in [2.45, 2.75) is 63.8 Å². The largest absolute Gasteiger partial charge is 0.493 e. The second-order valence-corrected chi connectivity index (χ2v) is 11.6. The Labute approximate surface area is 224 Å². The first-order valence-electron chi connectivity index (χ1n) is 14.4. The highest BCUT2D eigenvalue weighted by molar-refractivity contribution is 5.84. The number of esters is 1. The number of hydrogen-bond donors (Lipinski definition) is 0. The van der Waals surface area contributed by atoms with Crippen molar-refractivity contribution in [1.29, 1.82) is 0 Å². The van der Waals surface area contributed by atoms with E-state index in [4.69, 9.17) is 18.6 Å². The summed E-state index contributed by atoms with van der Waals surface area (Å²) in [6, 6.07) is 9.77. The Morgan fingerprint density at radius 2 is 1.87 bits per heavy atom. The van der Waals surface area contributed by atoms with Gasteiger partial charge in [0.05, 0.1) is 13.2 Å². The van der Waals surface area contributed by atoms with Crippen molar-refractivity contribution in [2.24, 2.45) is 11.3 Å². The van der Waals surface area contributed by atoms with Gasteiger partial charge in [-0.25, -0.2) is 4.79 Å². The monoisotopic (exact) mass is 524 g/mol. The van der Waals surface area contributed by atoms with E-state index in [1.165, 1.54) is 37.7 Å². The number of benzene rings is 1. The van der Waals surface area contributed by atoms with Gasteiger partial charge in [0.15, 0.2) is 0 Å². The van der Waals surface area contributed by atoms with Crippen LogP contribution in [0.15, 0.2) is 28.7 Å². The molecule has 1 aromatic heterocycles. The molecule has 4 aliphatic rings. The Morgan fingerprint density at radius 3 is 2.66 bits per heavy atom. The summed E-state index contributed by atoms with van der Waals surface area (Å²) in [5, 5.41) is 7.93. The minimum Gasteiger partial charge on any atom is -0.493 e. The molecule has 2 aromatic rings. The summed E-state index contributed by atoms with van der Waals surface area (Å²) in [6.45, 7) is 8.71. The van der Waals surface area contributed by atoms with E-state index >= 15 is 0 Å². The van der Waals surface area contributed by atoms with Gasteiger partial charge >= 0.3 is 17.9 Å². The Morgan fingerprint density at radius 1 is 1.08 bits per heavy atom. The molecular weight excluding hydrogens is 484 g/mol. The van der Waals surface area contributed by atoms with E-state index in [0.717, 1.165) is 64.6 Å². The van der Waals surface area contributed by atoms with Crippen molar-refractivity contribution in [3.63, 3.8) is 0 Å². The summed E-state index contributed by atoms with van der Waals surface area (Å²) < 4.78 is 22.4. The van der Waals surface area contributed by atoms with Gasteiger partial charge in [0.1, 0.15) is 5.75 Å². The maximum Gasteiger partial charge on any atom is 0.396 e. The van der Waals surface area contributed by atoms with Crippen molar-refractivity contribution in [3.05, 3.63) is 35.7 Å². The maximum absolute atomic E-state index is 11.8. The Hall–Kier alpha value is -2.65. The number of rotatable bonds is 8. The van der Waals surface area contributed by atoms with Gasteiger partial charge in [-0.3, -0.25) is 0 Å². The summed E-state index contributed by atoms with van der Waals surface area (Å²) in [5.74, 6) is 1.64. The maximum atomic E-state index is 11.8. The third-order valence-electron chi connectivity index (χ3n) is 9.08. The molecule has 1 atom stereocenters. The van der Waals surface area contributed by atoms with Crippen molar-refractivity contribution in [2.75, 3.05) is 57.5 Å². The molecule has 0 bridgehead atoms. The number of aromatic nitrogens is 2. The number of carbonyl (C=O) groups excluding carboxylic acids is 1. The van der Waals surface area contributed by atoms with Crippen LogP contribution in [0, 0.1) is 11.3 Å². The van der Waals surface area contributed by atoms with Gasteiger partial charge in [0.2, 0.25) is 0 Å². The predicted molar refractivity (Wildman–Crippen MR) is 142 cm³/mol. The fourth-order valence-corrected chi connectivity index (χ4v) is 6.94. The average molecular weight is 525 g/mol. The molecule has 0 radical (unpaired) electrons. The Balaban J connectivity index is 0.983. The van der Waals surface area contributed by atoms with Crippen LogP contribution in [0.25, 0.3) is 0 Å². The topological polar surface area (TPSA) is 90.2 Å². The third-order valence-corrected chi connectivity index (χ3v) is 9.08. The fourth-order valence-electron chi connectivity index (χ4n) is 6.94. The van der Waals surface area contributed by atoms with Crippen LogP contribution in [-0.4, -0.2) is 79.7 Å². The molecule has 1 spiro atoms. The molecule has 1 aromatic carbocycles. The normalized spacial score (nSPS) is 24.4. The molecule has 6 rings (SSSR count). The Bertz CT molecular complexity index is 1090. The first-order valence-corrected chi connectivity index (χ1v) is 14.4. The van der Waals surface area contributed by atoms with Crippen LogP contribution >= 0.6 is 0 Å². The van der Waals surface area contributed by atoms with Gasteiger partial charge in [-0.05, 0) is 88.4 Å². The quantitative estimate of drug-likeness (QED) is 0.469. The van der Waals surface area contributed by atoms with E-state index in [1.807, 2.05) is 0 Å². The lowest BCUT2D eigenvalue weighted by atomic mass is 9.78. The van der Waals surface area contributed by atoms with E-state index in [2.05, 4.69) is 44.3 Å².